The fourth-order valence-corrected chi connectivity index (χ4v) is 4.55. The van der Waals surface area contributed by atoms with Crippen LogP contribution in [-0.2, 0) is 4.79 Å². The Kier molecular flexibility index (Phi) is 11.6. The average Bonchev–Trinajstić information content (AvgIpc) is 2.74. The van der Waals surface area contributed by atoms with E-state index in [1.165, 1.54) is 64.2 Å². The first kappa shape index (κ1) is 25.9. The summed E-state index contributed by atoms with van der Waals surface area (Å²) >= 11 is 3.82. The molecule has 0 N–H and O–H groups in total. The van der Waals surface area contributed by atoms with Gasteiger partial charge in [-0.05, 0) is 42.2 Å². The number of alkyl halides is 1. The number of benzene rings is 2. The third kappa shape index (κ3) is 9.76. The van der Waals surface area contributed by atoms with Gasteiger partial charge >= 0.3 is 5.97 Å². The number of carbonyl (C=O) groups excluding carboxylic acids is 1. The standard InChI is InChI=1S/C28H41BrO2/c1-4-5-6-7-8-9-10-11-12-13-16-23(2)28(3,29)22-27(30)31-26-20-19-24-17-14-15-18-25(24)21-26/h14-15,17-21,23H,4-13,16,22H2,1-3H3. The van der Waals surface area contributed by atoms with Gasteiger partial charge in [-0.1, -0.05) is 124 Å². The number of unbranched alkanes of at least 4 members (excludes halogenated alkanes) is 9. The van der Waals surface area contributed by atoms with E-state index in [2.05, 4.69) is 42.8 Å². The second-order valence-corrected chi connectivity index (χ2v) is 11.1. The maximum Gasteiger partial charge on any atom is 0.312 e. The zero-order valence-corrected chi connectivity index (χ0v) is 21.4. The number of ether oxygens (including phenoxy) is 1. The normalized spacial score (nSPS) is 14.3. The monoisotopic (exact) mass is 488 g/mol. The lowest BCUT2D eigenvalue weighted by Crippen LogP contribution is -2.30. The highest BCUT2D eigenvalue weighted by molar-refractivity contribution is 9.10. The molecule has 31 heavy (non-hydrogen) atoms. The van der Waals surface area contributed by atoms with Gasteiger partial charge in [0.25, 0.3) is 0 Å². The molecule has 2 unspecified atom stereocenters. The Morgan fingerprint density at radius 2 is 1.48 bits per heavy atom. The number of esters is 1. The van der Waals surface area contributed by atoms with Crippen LogP contribution in [-0.4, -0.2) is 10.3 Å². The van der Waals surface area contributed by atoms with Crippen molar-refractivity contribution in [1.82, 2.24) is 0 Å². The van der Waals surface area contributed by atoms with E-state index in [4.69, 9.17) is 4.74 Å². The first-order valence-corrected chi connectivity index (χ1v) is 13.1. The highest BCUT2D eigenvalue weighted by Gasteiger charge is 2.31. The van der Waals surface area contributed by atoms with Crippen molar-refractivity contribution in [3.05, 3.63) is 42.5 Å². The van der Waals surface area contributed by atoms with Crippen LogP contribution in [0.4, 0.5) is 0 Å². The van der Waals surface area contributed by atoms with E-state index in [0.717, 1.165) is 17.2 Å². The van der Waals surface area contributed by atoms with Crippen molar-refractivity contribution in [3.8, 4) is 5.75 Å². The largest absolute Gasteiger partial charge is 0.426 e. The van der Waals surface area contributed by atoms with Crippen LogP contribution in [0.3, 0.4) is 0 Å². The number of hydrogen-bond acceptors (Lipinski definition) is 2. The van der Waals surface area contributed by atoms with Gasteiger partial charge in [0.2, 0.25) is 0 Å². The number of halogens is 1. The summed E-state index contributed by atoms with van der Waals surface area (Å²) in [7, 11) is 0. The first-order chi connectivity index (χ1) is 14.9. The lowest BCUT2D eigenvalue weighted by Gasteiger charge is -2.29. The molecule has 0 aromatic heterocycles. The predicted molar refractivity (Wildman–Crippen MR) is 137 cm³/mol. The van der Waals surface area contributed by atoms with Gasteiger partial charge in [-0.15, -0.1) is 0 Å². The van der Waals surface area contributed by atoms with E-state index in [0.29, 0.717) is 18.1 Å². The van der Waals surface area contributed by atoms with Crippen LogP contribution in [0.15, 0.2) is 42.5 Å². The minimum atomic E-state index is -0.236. The summed E-state index contributed by atoms with van der Waals surface area (Å²) in [4.78, 5) is 12.6. The molecular formula is C28H41BrO2. The number of carbonyl (C=O) groups is 1. The molecule has 2 aromatic rings. The van der Waals surface area contributed by atoms with Crippen molar-refractivity contribution in [3.63, 3.8) is 0 Å². The maximum absolute atomic E-state index is 12.6. The van der Waals surface area contributed by atoms with Crippen molar-refractivity contribution in [2.45, 2.75) is 102 Å². The van der Waals surface area contributed by atoms with Crippen molar-refractivity contribution in [2.75, 3.05) is 0 Å². The Bertz CT molecular complexity index is 783. The predicted octanol–water partition coefficient (Wildman–Crippen LogP) is 9.24. The van der Waals surface area contributed by atoms with Crippen molar-refractivity contribution < 1.29 is 9.53 Å². The Morgan fingerprint density at radius 1 is 0.903 bits per heavy atom. The molecule has 0 aliphatic rings. The van der Waals surface area contributed by atoms with Gasteiger partial charge in [-0.3, -0.25) is 4.79 Å². The fraction of sp³-hybridized carbons (Fsp3) is 0.607. The zero-order valence-electron chi connectivity index (χ0n) is 19.8. The minimum absolute atomic E-state index is 0.176. The molecule has 0 heterocycles. The molecule has 2 rings (SSSR count). The first-order valence-electron chi connectivity index (χ1n) is 12.3. The molecular weight excluding hydrogens is 448 g/mol. The molecule has 0 fully saturated rings. The molecule has 172 valence electrons. The molecule has 3 heteroatoms. The minimum Gasteiger partial charge on any atom is -0.426 e. The topological polar surface area (TPSA) is 26.3 Å². The molecule has 0 aliphatic heterocycles. The summed E-state index contributed by atoms with van der Waals surface area (Å²) in [5.74, 6) is 0.865. The molecule has 0 amide bonds. The van der Waals surface area contributed by atoms with E-state index in [9.17, 15) is 4.79 Å². The molecule has 2 aromatic carbocycles. The van der Waals surface area contributed by atoms with E-state index in [1.54, 1.807) is 0 Å². The molecule has 2 nitrogen and oxygen atoms in total. The van der Waals surface area contributed by atoms with E-state index >= 15 is 0 Å². The highest BCUT2D eigenvalue weighted by Crippen LogP contribution is 2.35. The summed E-state index contributed by atoms with van der Waals surface area (Å²) in [6.07, 6.45) is 15.1. The Morgan fingerprint density at radius 3 is 2.13 bits per heavy atom. The van der Waals surface area contributed by atoms with E-state index in [-0.39, 0.29) is 10.3 Å². The van der Waals surface area contributed by atoms with Crippen molar-refractivity contribution in [1.29, 1.82) is 0 Å². The average molecular weight is 490 g/mol. The van der Waals surface area contributed by atoms with E-state index < -0.39 is 0 Å². The van der Waals surface area contributed by atoms with Crippen LogP contribution >= 0.6 is 15.9 Å². The number of fused-ring (bicyclic) bond motifs is 1. The van der Waals surface area contributed by atoms with Crippen LogP contribution < -0.4 is 4.74 Å². The Labute approximate surface area is 198 Å². The lowest BCUT2D eigenvalue weighted by molar-refractivity contribution is -0.135. The van der Waals surface area contributed by atoms with Crippen LogP contribution in [0.5, 0.6) is 5.75 Å². The highest BCUT2D eigenvalue weighted by atomic mass is 79.9. The van der Waals surface area contributed by atoms with Crippen LogP contribution in [0.25, 0.3) is 10.8 Å². The third-order valence-corrected chi connectivity index (χ3v) is 7.52. The van der Waals surface area contributed by atoms with Crippen molar-refractivity contribution in [2.24, 2.45) is 5.92 Å². The Balaban J connectivity index is 1.65. The summed E-state index contributed by atoms with van der Waals surface area (Å²) in [6, 6.07) is 13.9. The quantitative estimate of drug-likeness (QED) is 0.108. The molecule has 0 radical (unpaired) electrons. The van der Waals surface area contributed by atoms with Gasteiger partial charge in [0.05, 0.1) is 6.42 Å². The van der Waals surface area contributed by atoms with Gasteiger partial charge in [0.15, 0.2) is 0 Å². The maximum atomic E-state index is 12.6. The van der Waals surface area contributed by atoms with Gasteiger partial charge in [-0.25, -0.2) is 0 Å². The van der Waals surface area contributed by atoms with Crippen molar-refractivity contribution >= 4 is 32.7 Å². The zero-order chi connectivity index (χ0) is 22.5. The number of rotatable bonds is 15. The van der Waals surface area contributed by atoms with Gasteiger partial charge in [0.1, 0.15) is 5.75 Å². The molecule has 0 saturated heterocycles. The third-order valence-electron chi connectivity index (χ3n) is 6.46. The molecule has 0 saturated carbocycles. The summed E-state index contributed by atoms with van der Waals surface area (Å²) in [5.41, 5.74) is 0. The van der Waals surface area contributed by atoms with Crippen LogP contribution in [0.1, 0.15) is 97.8 Å². The smallest absolute Gasteiger partial charge is 0.312 e. The van der Waals surface area contributed by atoms with Crippen LogP contribution in [0.2, 0.25) is 0 Å². The molecule has 0 aliphatic carbocycles. The Hall–Kier alpha value is -1.35. The SMILES string of the molecule is CCCCCCCCCCCCC(C)C(C)(Br)CC(=O)Oc1ccc2ccccc2c1. The van der Waals surface area contributed by atoms with Crippen LogP contribution in [0, 0.1) is 5.92 Å². The molecule has 0 bridgehead atoms. The number of hydrogen-bond donors (Lipinski definition) is 0. The van der Waals surface area contributed by atoms with Gasteiger partial charge in [0, 0.05) is 4.32 Å². The summed E-state index contributed by atoms with van der Waals surface area (Å²) in [6.45, 7) is 6.63. The second kappa shape index (κ2) is 13.9. The second-order valence-electron chi connectivity index (χ2n) is 9.31. The molecule has 2 atom stereocenters. The fourth-order valence-electron chi connectivity index (χ4n) is 4.09. The van der Waals surface area contributed by atoms with Gasteiger partial charge in [-0.2, -0.15) is 0 Å². The lowest BCUT2D eigenvalue weighted by atomic mass is 9.88. The van der Waals surface area contributed by atoms with Gasteiger partial charge < -0.3 is 4.74 Å². The van der Waals surface area contributed by atoms with E-state index in [1.807, 2.05) is 36.4 Å². The summed E-state index contributed by atoms with van der Waals surface area (Å²) < 4.78 is 5.41. The molecule has 0 spiro atoms. The summed E-state index contributed by atoms with van der Waals surface area (Å²) in [5, 5.41) is 2.24.